The van der Waals surface area contributed by atoms with E-state index >= 15 is 0 Å². The Labute approximate surface area is 90.4 Å². The SMILES string of the molecule is CC[C@@H](C)[C@@H](C(=O)O)[n+]1cccc(C)c1. The lowest BCUT2D eigenvalue weighted by Crippen LogP contribution is -2.47. The molecule has 0 spiro atoms. The van der Waals surface area contributed by atoms with Crippen molar-refractivity contribution in [3.05, 3.63) is 30.1 Å². The first-order valence-electron chi connectivity index (χ1n) is 5.26. The Morgan fingerprint density at radius 3 is 2.73 bits per heavy atom. The number of hydrogen-bond donors (Lipinski definition) is 1. The molecule has 1 aromatic heterocycles. The Bertz CT molecular complexity index is 349. The van der Waals surface area contributed by atoms with Crippen molar-refractivity contribution < 1.29 is 14.5 Å². The summed E-state index contributed by atoms with van der Waals surface area (Å²) >= 11 is 0. The number of pyridine rings is 1. The highest BCUT2D eigenvalue weighted by Gasteiger charge is 2.32. The number of carbonyl (C=O) groups is 1. The van der Waals surface area contributed by atoms with Gasteiger partial charge in [0.1, 0.15) is 0 Å². The number of carboxylic acid groups (broad SMARTS) is 1. The molecule has 1 aromatic rings. The molecule has 0 saturated heterocycles. The highest BCUT2D eigenvalue weighted by molar-refractivity contribution is 5.70. The van der Waals surface area contributed by atoms with Gasteiger partial charge in [0.15, 0.2) is 12.4 Å². The molecule has 1 N–H and O–H groups in total. The largest absolute Gasteiger partial charge is 0.476 e. The summed E-state index contributed by atoms with van der Waals surface area (Å²) in [5, 5.41) is 9.20. The van der Waals surface area contributed by atoms with E-state index < -0.39 is 12.0 Å². The van der Waals surface area contributed by atoms with Gasteiger partial charge >= 0.3 is 5.97 Å². The van der Waals surface area contributed by atoms with Crippen LogP contribution in [0, 0.1) is 12.8 Å². The molecule has 3 nitrogen and oxygen atoms in total. The quantitative estimate of drug-likeness (QED) is 0.768. The number of carboxylic acids is 1. The van der Waals surface area contributed by atoms with Crippen molar-refractivity contribution in [1.29, 1.82) is 0 Å². The minimum atomic E-state index is -0.764. The maximum Gasteiger partial charge on any atom is 0.373 e. The van der Waals surface area contributed by atoms with Crippen LogP contribution in [-0.4, -0.2) is 11.1 Å². The maximum atomic E-state index is 11.2. The standard InChI is InChI=1S/C12H17NO2/c1-4-10(3)11(12(14)15)13-7-5-6-9(2)8-13/h5-8,10-11H,4H2,1-3H3/p+1/t10-,11+/m1/s1. The van der Waals surface area contributed by atoms with Crippen LogP contribution in [0.3, 0.4) is 0 Å². The summed E-state index contributed by atoms with van der Waals surface area (Å²) in [7, 11) is 0. The Morgan fingerprint density at radius 2 is 2.27 bits per heavy atom. The molecule has 0 unspecified atom stereocenters. The third kappa shape index (κ3) is 2.78. The first-order valence-corrected chi connectivity index (χ1v) is 5.26. The lowest BCUT2D eigenvalue weighted by Gasteiger charge is -2.13. The summed E-state index contributed by atoms with van der Waals surface area (Å²) in [6, 6.07) is 3.38. The second-order valence-corrected chi connectivity index (χ2v) is 4.00. The molecule has 0 fully saturated rings. The molecule has 15 heavy (non-hydrogen) atoms. The van der Waals surface area contributed by atoms with Gasteiger partial charge in [0.25, 0.3) is 6.04 Å². The van der Waals surface area contributed by atoms with Crippen molar-refractivity contribution in [2.45, 2.75) is 33.2 Å². The Balaban J connectivity index is 3.04. The zero-order valence-corrected chi connectivity index (χ0v) is 9.47. The molecule has 0 bridgehead atoms. The molecular formula is C12H18NO2+. The summed E-state index contributed by atoms with van der Waals surface area (Å²) < 4.78 is 1.78. The van der Waals surface area contributed by atoms with Gasteiger partial charge in [0.05, 0.1) is 0 Å². The maximum absolute atomic E-state index is 11.2. The summed E-state index contributed by atoms with van der Waals surface area (Å²) in [5.74, 6) is -0.630. The van der Waals surface area contributed by atoms with Crippen molar-refractivity contribution in [3.8, 4) is 0 Å². The Hall–Kier alpha value is -1.38. The van der Waals surface area contributed by atoms with Crippen molar-refractivity contribution in [2.75, 3.05) is 0 Å². The molecule has 1 heterocycles. The number of aromatic nitrogens is 1. The van der Waals surface area contributed by atoms with Gasteiger partial charge in [-0.15, -0.1) is 0 Å². The molecule has 2 atom stereocenters. The number of hydrogen-bond acceptors (Lipinski definition) is 1. The van der Waals surface area contributed by atoms with E-state index in [0.717, 1.165) is 12.0 Å². The number of rotatable bonds is 4. The van der Waals surface area contributed by atoms with Crippen LogP contribution in [0.4, 0.5) is 0 Å². The molecule has 3 heteroatoms. The van der Waals surface area contributed by atoms with E-state index in [1.165, 1.54) is 0 Å². The fraction of sp³-hybridized carbons (Fsp3) is 0.500. The van der Waals surface area contributed by atoms with Crippen molar-refractivity contribution in [3.63, 3.8) is 0 Å². The Kier molecular flexibility index (Phi) is 3.83. The van der Waals surface area contributed by atoms with E-state index in [2.05, 4.69) is 0 Å². The molecule has 0 aliphatic rings. The van der Waals surface area contributed by atoms with Crippen molar-refractivity contribution in [2.24, 2.45) is 5.92 Å². The predicted molar refractivity (Wildman–Crippen MR) is 57.5 cm³/mol. The fourth-order valence-corrected chi connectivity index (χ4v) is 1.68. The minimum Gasteiger partial charge on any atom is -0.476 e. The summed E-state index contributed by atoms with van der Waals surface area (Å²) in [6.07, 6.45) is 4.56. The van der Waals surface area contributed by atoms with E-state index in [1.807, 2.05) is 45.3 Å². The van der Waals surface area contributed by atoms with Crippen LogP contribution in [0.25, 0.3) is 0 Å². The van der Waals surface area contributed by atoms with Gasteiger partial charge in [-0.05, 0) is 19.4 Å². The highest BCUT2D eigenvalue weighted by Crippen LogP contribution is 2.15. The minimum absolute atomic E-state index is 0.134. The molecule has 0 aromatic carbocycles. The normalized spacial score (nSPS) is 14.6. The molecule has 0 radical (unpaired) electrons. The number of nitrogens with zero attached hydrogens (tertiary/aromatic N) is 1. The topological polar surface area (TPSA) is 41.2 Å². The van der Waals surface area contributed by atoms with Gasteiger partial charge in [0, 0.05) is 17.5 Å². The fourth-order valence-electron chi connectivity index (χ4n) is 1.68. The Morgan fingerprint density at radius 1 is 1.60 bits per heavy atom. The molecule has 1 rings (SSSR count). The molecule has 0 amide bonds. The van der Waals surface area contributed by atoms with Crippen LogP contribution in [0.5, 0.6) is 0 Å². The van der Waals surface area contributed by atoms with E-state index in [9.17, 15) is 9.90 Å². The van der Waals surface area contributed by atoms with Gasteiger partial charge in [-0.25, -0.2) is 4.79 Å². The third-order valence-electron chi connectivity index (χ3n) is 2.73. The summed E-state index contributed by atoms with van der Waals surface area (Å²) in [6.45, 7) is 5.94. The van der Waals surface area contributed by atoms with E-state index in [0.29, 0.717) is 0 Å². The second-order valence-electron chi connectivity index (χ2n) is 4.00. The highest BCUT2D eigenvalue weighted by atomic mass is 16.4. The summed E-state index contributed by atoms with van der Waals surface area (Å²) in [5.41, 5.74) is 1.08. The smallest absolute Gasteiger partial charge is 0.373 e. The molecular weight excluding hydrogens is 190 g/mol. The third-order valence-corrected chi connectivity index (χ3v) is 2.73. The van der Waals surface area contributed by atoms with Gasteiger partial charge in [0.2, 0.25) is 0 Å². The molecule has 0 aliphatic carbocycles. The van der Waals surface area contributed by atoms with E-state index in [4.69, 9.17) is 0 Å². The number of aryl methyl sites for hydroxylation is 1. The van der Waals surface area contributed by atoms with Crippen LogP contribution >= 0.6 is 0 Å². The zero-order valence-electron chi connectivity index (χ0n) is 9.47. The second kappa shape index (κ2) is 4.91. The summed E-state index contributed by atoms with van der Waals surface area (Å²) in [4.78, 5) is 11.2. The van der Waals surface area contributed by atoms with E-state index in [1.54, 1.807) is 4.57 Å². The van der Waals surface area contributed by atoms with Crippen molar-refractivity contribution in [1.82, 2.24) is 0 Å². The lowest BCUT2D eigenvalue weighted by molar-refractivity contribution is -0.717. The van der Waals surface area contributed by atoms with Crippen LogP contribution in [-0.2, 0) is 4.79 Å². The first kappa shape index (κ1) is 11.7. The van der Waals surface area contributed by atoms with Gasteiger partial charge in [-0.2, -0.15) is 4.57 Å². The molecule has 0 saturated carbocycles. The van der Waals surface area contributed by atoms with Gasteiger partial charge in [-0.1, -0.05) is 13.8 Å². The van der Waals surface area contributed by atoms with Gasteiger partial charge in [-0.3, -0.25) is 0 Å². The average Bonchev–Trinajstić information content (AvgIpc) is 2.17. The van der Waals surface area contributed by atoms with E-state index in [-0.39, 0.29) is 5.92 Å². The number of aliphatic carboxylic acids is 1. The molecule has 82 valence electrons. The lowest BCUT2D eigenvalue weighted by atomic mass is 9.99. The average molecular weight is 208 g/mol. The van der Waals surface area contributed by atoms with Crippen LogP contribution in [0.15, 0.2) is 24.5 Å². The van der Waals surface area contributed by atoms with Crippen LogP contribution in [0.1, 0.15) is 31.9 Å². The predicted octanol–water partition coefficient (Wildman–Crippen LogP) is 1.95. The van der Waals surface area contributed by atoms with Crippen molar-refractivity contribution >= 4 is 5.97 Å². The van der Waals surface area contributed by atoms with Crippen LogP contribution in [0.2, 0.25) is 0 Å². The zero-order chi connectivity index (χ0) is 11.4. The molecule has 0 aliphatic heterocycles. The van der Waals surface area contributed by atoms with Crippen LogP contribution < -0.4 is 4.57 Å². The first-order chi connectivity index (χ1) is 7.06. The monoisotopic (exact) mass is 208 g/mol. The van der Waals surface area contributed by atoms with Gasteiger partial charge < -0.3 is 5.11 Å².